The molecule has 4 aliphatic rings. The first-order valence-electron chi connectivity index (χ1n) is 12.5. The van der Waals surface area contributed by atoms with Gasteiger partial charge in [-0.1, -0.05) is 78.9 Å². The van der Waals surface area contributed by atoms with Crippen LogP contribution in [0, 0.1) is 11.8 Å². The lowest BCUT2D eigenvalue weighted by Crippen LogP contribution is -2.41. The standard InChI is InChI=1S/C32H23NO4/c34-30-28-26-22-10-4-5-11-23(22)27(25-13-7-6-12-24(25)26)29(28)31(35)33(30)21-16-14-20(15-17-21)32(36)37-18-19-8-2-1-3-9-19/h1-17,26-29H,18H2/t26?,27?,28-,29+. The topological polar surface area (TPSA) is 63.7 Å². The number of hydrogen-bond donors (Lipinski definition) is 0. The third-order valence-electron chi connectivity index (χ3n) is 8.02. The molecule has 0 N–H and O–H groups in total. The number of carbonyl (C=O) groups is 3. The van der Waals surface area contributed by atoms with E-state index in [4.69, 9.17) is 4.74 Å². The van der Waals surface area contributed by atoms with E-state index >= 15 is 0 Å². The molecule has 5 nitrogen and oxygen atoms in total. The first kappa shape index (κ1) is 21.7. The number of nitrogens with zero attached hydrogens (tertiary/aromatic N) is 1. The van der Waals surface area contributed by atoms with Gasteiger partial charge in [-0.3, -0.25) is 9.59 Å². The molecule has 3 aliphatic carbocycles. The Hall–Kier alpha value is -4.51. The van der Waals surface area contributed by atoms with Crippen molar-refractivity contribution in [2.24, 2.45) is 11.8 Å². The average molecular weight is 486 g/mol. The number of benzene rings is 4. The number of hydrogen-bond acceptors (Lipinski definition) is 4. The average Bonchev–Trinajstić information content (AvgIpc) is 3.22. The summed E-state index contributed by atoms with van der Waals surface area (Å²) >= 11 is 0. The fourth-order valence-electron chi connectivity index (χ4n) is 6.48. The number of rotatable bonds is 4. The van der Waals surface area contributed by atoms with Crippen molar-refractivity contribution in [1.82, 2.24) is 0 Å². The van der Waals surface area contributed by atoms with Crippen LogP contribution in [0.3, 0.4) is 0 Å². The highest BCUT2D eigenvalue weighted by atomic mass is 16.5. The van der Waals surface area contributed by atoms with E-state index in [1.54, 1.807) is 24.3 Å². The third-order valence-corrected chi connectivity index (χ3v) is 8.02. The van der Waals surface area contributed by atoms with Crippen LogP contribution in [0.15, 0.2) is 103 Å². The van der Waals surface area contributed by atoms with Crippen molar-refractivity contribution in [1.29, 1.82) is 0 Å². The van der Waals surface area contributed by atoms with E-state index in [-0.39, 0.29) is 30.3 Å². The number of carbonyl (C=O) groups excluding carboxylic acids is 3. The van der Waals surface area contributed by atoms with Gasteiger partial charge < -0.3 is 4.74 Å². The minimum atomic E-state index is -0.452. The lowest BCUT2D eigenvalue weighted by molar-refractivity contribution is -0.122. The van der Waals surface area contributed by atoms with Crippen LogP contribution in [-0.2, 0) is 20.9 Å². The summed E-state index contributed by atoms with van der Waals surface area (Å²) in [5, 5.41) is 0. The van der Waals surface area contributed by atoms with Crippen molar-refractivity contribution < 1.29 is 19.1 Å². The second kappa shape index (κ2) is 8.27. The van der Waals surface area contributed by atoms with Crippen molar-refractivity contribution in [3.63, 3.8) is 0 Å². The van der Waals surface area contributed by atoms with Crippen LogP contribution >= 0.6 is 0 Å². The van der Waals surface area contributed by atoms with Gasteiger partial charge in [0.05, 0.1) is 23.1 Å². The molecule has 2 bridgehead atoms. The van der Waals surface area contributed by atoms with Gasteiger partial charge in [0, 0.05) is 11.8 Å². The molecule has 0 aromatic heterocycles. The zero-order valence-corrected chi connectivity index (χ0v) is 19.9. The predicted molar refractivity (Wildman–Crippen MR) is 138 cm³/mol. The molecule has 1 fully saturated rings. The van der Waals surface area contributed by atoms with Gasteiger partial charge in [-0.15, -0.1) is 0 Å². The van der Waals surface area contributed by atoms with Crippen molar-refractivity contribution in [2.45, 2.75) is 18.4 Å². The lowest BCUT2D eigenvalue weighted by atomic mass is 9.55. The van der Waals surface area contributed by atoms with Gasteiger partial charge in [-0.05, 0) is 52.1 Å². The molecule has 2 amide bonds. The van der Waals surface area contributed by atoms with E-state index in [1.807, 2.05) is 54.6 Å². The highest BCUT2D eigenvalue weighted by Gasteiger charge is 2.61. The Labute approximate surface area is 214 Å². The minimum Gasteiger partial charge on any atom is -0.457 e. The van der Waals surface area contributed by atoms with Crippen molar-refractivity contribution in [3.05, 3.63) is 137 Å². The summed E-state index contributed by atoms with van der Waals surface area (Å²) in [7, 11) is 0. The SMILES string of the molecule is O=C(OCc1ccccc1)c1ccc(N2C(=O)[C@@H]3C4c5ccccc5C(c5ccccc54)[C@@H]3C2=O)cc1. The van der Waals surface area contributed by atoms with E-state index < -0.39 is 17.8 Å². The first-order valence-corrected chi connectivity index (χ1v) is 12.5. The van der Waals surface area contributed by atoms with Crippen LogP contribution in [0.25, 0.3) is 0 Å². The Balaban J connectivity index is 1.19. The number of anilines is 1. The second-order valence-corrected chi connectivity index (χ2v) is 9.89. The normalized spacial score (nSPS) is 22.9. The highest BCUT2D eigenvalue weighted by molar-refractivity contribution is 6.23. The van der Waals surface area contributed by atoms with Crippen molar-refractivity contribution in [3.8, 4) is 0 Å². The molecule has 0 saturated carbocycles. The lowest BCUT2D eigenvalue weighted by Gasteiger charge is -2.45. The quantitative estimate of drug-likeness (QED) is 0.285. The molecule has 2 atom stereocenters. The Morgan fingerprint density at radius 2 is 1.08 bits per heavy atom. The first-order chi connectivity index (χ1) is 18.1. The predicted octanol–water partition coefficient (Wildman–Crippen LogP) is 5.44. The summed E-state index contributed by atoms with van der Waals surface area (Å²) in [6.45, 7) is 0.178. The van der Waals surface area contributed by atoms with Gasteiger partial charge in [0.15, 0.2) is 0 Å². The molecular formula is C32H23NO4. The molecule has 4 aromatic carbocycles. The van der Waals surface area contributed by atoms with E-state index in [0.717, 1.165) is 27.8 Å². The van der Waals surface area contributed by atoms with Crippen molar-refractivity contribution in [2.75, 3.05) is 4.90 Å². The van der Waals surface area contributed by atoms with Crippen LogP contribution in [0.1, 0.15) is 50.0 Å². The summed E-state index contributed by atoms with van der Waals surface area (Å²) in [5.41, 5.74) is 6.34. The van der Waals surface area contributed by atoms with Crippen molar-refractivity contribution >= 4 is 23.5 Å². The van der Waals surface area contributed by atoms with E-state index in [2.05, 4.69) is 24.3 Å². The Morgan fingerprint density at radius 1 is 0.622 bits per heavy atom. The Bertz CT molecular complexity index is 1440. The number of esters is 1. The largest absolute Gasteiger partial charge is 0.457 e. The molecule has 0 spiro atoms. The number of imide groups is 1. The fraction of sp³-hybridized carbons (Fsp3) is 0.156. The van der Waals surface area contributed by atoms with Gasteiger partial charge in [0.2, 0.25) is 11.8 Å². The Morgan fingerprint density at radius 3 is 1.57 bits per heavy atom. The molecule has 37 heavy (non-hydrogen) atoms. The van der Waals surface area contributed by atoms with Gasteiger partial charge in [-0.2, -0.15) is 0 Å². The monoisotopic (exact) mass is 485 g/mol. The highest BCUT2D eigenvalue weighted by Crippen LogP contribution is 2.61. The zero-order chi connectivity index (χ0) is 25.1. The van der Waals surface area contributed by atoms with Crippen LogP contribution in [-0.4, -0.2) is 17.8 Å². The molecule has 5 heteroatoms. The van der Waals surface area contributed by atoms with E-state index in [1.165, 1.54) is 4.90 Å². The summed E-state index contributed by atoms with van der Waals surface area (Å²) in [6, 6.07) is 32.4. The summed E-state index contributed by atoms with van der Waals surface area (Å²) in [4.78, 5) is 41.6. The molecule has 1 saturated heterocycles. The number of amides is 2. The maximum Gasteiger partial charge on any atom is 0.338 e. The molecule has 1 aliphatic heterocycles. The summed E-state index contributed by atoms with van der Waals surface area (Å²) < 4.78 is 5.42. The molecule has 8 rings (SSSR count). The molecular weight excluding hydrogens is 462 g/mol. The molecule has 0 radical (unpaired) electrons. The zero-order valence-electron chi connectivity index (χ0n) is 19.9. The van der Waals surface area contributed by atoms with Gasteiger partial charge in [0.1, 0.15) is 6.61 Å². The van der Waals surface area contributed by atoms with Crippen LogP contribution in [0.2, 0.25) is 0 Å². The van der Waals surface area contributed by atoms with Gasteiger partial charge in [-0.25, -0.2) is 9.69 Å². The second-order valence-electron chi connectivity index (χ2n) is 9.89. The van der Waals surface area contributed by atoms with Gasteiger partial charge >= 0.3 is 5.97 Å². The van der Waals surface area contributed by atoms with E-state index in [0.29, 0.717) is 11.3 Å². The Kier molecular flexibility index (Phi) is 4.86. The van der Waals surface area contributed by atoms with Gasteiger partial charge in [0.25, 0.3) is 0 Å². The third kappa shape index (κ3) is 3.20. The molecule has 1 heterocycles. The maximum absolute atomic E-state index is 13.9. The van der Waals surface area contributed by atoms with Crippen LogP contribution < -0.4 is 4.90 Å². The molecule has 4 aromatic rings. The summed E-state index contributed by atoms with van der Waals surface area (Å²) in [6.07, 6.45) is 0. The minimum absolute atomic E-state index is 0.143. The number of ether oxygens (including phenoxy) is 1. The summed E-state index contributed by atoms with van der Waals surface area (Å²) in [5.74, 6) is -1.95. The molecule has 180 valence electrons. The fourth-order valence-corrected chi connectivity index (χ4v) is 6.48. The van der Waals surface area contributed by atoms with E-state index in [9.17, 15) is 14.4 Å². The molecule has 0 unspecified atom stereocenters. The maximum atomic E-state index is 13.9. The van der Waals surface area contributed by atoms with Crippen LogP contribution in [0.4, 0.5) is 5.69 Å². The smallest absolute Gasteiger partial charge is 0.338 e. The van der Waals surface area contributed by atoms with Crippen LogP contribution in [0.5, 0.6) is 0 Å².